The van der Waals surface area contributed by atoms with Gasteiger partial charge in [-0.1, -0.05) is 6.42 Å². The Labute approximate surface area is 135 Å². The van der Waals surface area contributed by atoms with Crippen molar-refractivity contribution in [1.82, 2.24) is 16.0 Å². The predicted molar refractivity (Wildman–Crippen MR) is 92.4 cm³/mol. The van der Waals surface area contributed by atoms with Crippen LogP contribution in [0.3, 0.4) is 0 Å². The molecule has 1 heterocycles. The van der Waals surface area contributed by atoms with Gasteiger partial charge in [-0.15, -0.1) is 0 Å². The first-order valence-electron chi connectivity index (χ1n) is 8.59. The van der Waals surface area contributed by atoms with Gasteiger partial charge in [0.15, 0.2) is 5.11 Å². The van der Waals surface area contributed by atoms with Crippen molar-refractivity contribution in [3.63, 3.8) is 0 Å². The van der Waals surface area contributed by atoms with Gasteiger partial charge < -0.3 is 16.0 Å². The van der Waals surface area contributed by atoms with Gasteiger partial charge >= 0.3 is 0 Å². The van der Waals surface area contributed by atoms with Gasteiger partial charge in [-0.3, -0.25) is 0 Å². The first-order valence-corrected chi connectivity index (χ1v) is 9.00. The van der Waals surface area contributed by atoms with Gasteiger partial charge in [0, 0.05) is 23.2 Å². The summed E-state index contributed by atoms with van der Waals surface area (Å²) in [4.78, 5) is 0. The second-order valence-corrected chi connectivity index (χ2v) is 9.31. The number of thiocarbonyl (C=S) groups is 1. The molecule has 2 aliphatic carbocycles. The van der Waals surface area contributed by atoms with Crippen LogP contribution in [-0.2, 0) is 0 Å². The average Bonchev–Trinajstić information content (AvgIpc) is 2.85. The Morgan fingerprint density at radius 3 is 2.19 bits per heavy atom. The SMILES string of the molecule is CC1(C)CC(NC(=S)N[C@@H]2C[C@@H]3CC[C@@H]2C3)CC(C)(C)N1. The van der Waals surface area contributed by atoms with Crippen molar-refractivity contribution < 1.29 is 0 Å². The van der Waals surface area contributed by atoms with Gasteiger partial charge in [0.25, 0.3) is 0 Å². The fourth-order valence-electron chi connectivity index (χ4n) is 5.24. The monoisotopic (exact) mass is 309 g/mol. The maximum Gasteiger partial charge on any atom is 0.166 e. The van der Waals surface area contributed by atoms with Gasteiger partial charge in [-0.05, 0) is 83.9 Å². The Balaban J connectivity index is 1.52. The molecule has 3 aliphatic rings. The summed E-state index contributed by atoms with van der Waals surface area (Å²) >= 11 is 5.59. The molecule has 0 aromatic heterocycles. The minimum Gasteiger partial charge on any atom is -0.360 e. The van der Waals surface area contributed by atoms with E-state index in [0.29, 0.717) is 12.1 Å². The van der Waals surface area contributed by atoms with Crippen molar-refractivity contribution in [3.8, 4) is 0 Å². The summed E-state index contributed by atoms with van der Waals surface area (Å²) in [5.74, 6) is 1.84. The Bertz CT molecular complexity index is 402. The van der Waals surface area contributed by atoms with Crippen LogP contribution in [0.5, 0.6) is 0 Å². The van der Waals surface area contributed by atoms with E-state index in [2.05, 4.69) is 43.6 Å². The average molecular weight is 310 g/mol. The molecular weight excluding hydrogens is 278 g/mol. The van der Waals surface area contributed by atoms with Crippen LogP contribution in [0.4, 0.5) is 0 Å². The van der Waals surface area contributed by atoms with Crippen LogP contribution in [-0.4, -0.2) is 28.3 Å². The lowest BCUT2D eigenvalue weighted by atomic mass is 9.80. The zero-order chi connectivity index (χ0) is 15.3. The van der Waals surface area contributed by atoms with Crippen molar-refractivity contribution >= 4 is 17.3 Å². The van der Waals surface area contributed by atoms with Crippen molar-refractivity contribution in [1.29, 1.82) is 0 Å². The third kappa shape index (κ3) is 3.70. The Hall–Kier alpha value is -0.350. The quantitative estimate of drug-likeness (QED) is 0.686. The number of fused-ring (bicyclic) bond motifs is 2. The summed E-state index contributed by atoms with van der Waals surface area (Å²) in [6, 6.07) is 1.10. The van der Waals surface area contributed by atoms with Crippen LogP contribution in [0.1, 0.15) is 66.2 Å². The molecule has 0 unspecified atom stereocenters. The van der Waals surface area contributed by atoms with Crippen LogP contribution >= 0.6 is 12.2 Å². The van der Waals surface area contributed by atoms with Crippen molar-refractivity contribution in [3.05, 3.63) is 0 Å². The first-order chi connectivity index (χ1) is 9.72. The molecule has 2 bridgehead atoms. The van der Waals surface area contributed by atoms with E-state index in [9.17, 15) is 0 Å². The van der Waals surface area contributed by atoms with Gasteiger partial charge in [-0.25, -0.2) is 0 Å². The maximum absolute atomic E-state index is 5.59. The maximum atomic E-state index is 5.59. The van der Waals surface area contributed by atoms with Crippen LogP contribution in [0.15, 0.2) is 0 Å². The van der Waals surface area contributed by atoms with Crippen LogP contribution in [0, 0.1) is 11.8 Å². The lowest BCUT2D eigenvalue weighted by Gasteiger charge is -2.47. The van der Waals surface area contributed by atoms with E-state index in [1.165, 1.54) is 25.7 Å². The molecule has 0 spiro atoms. The topological polar surface area (TPSA) is 36.1 Å². The summed E-state index contributed by atoms with van der Waals surface area (Å²) in [5.41, 5.74) is 0.336. The van der Waals surface area contributed by atoms with Crippen molar-refractivity contribution in [2.24, 2.45) is 11.8 Å². The zero-order valence-corrected chi connectivity index (χ0v) is 14.8. The minimum absolute atomic E-state index is 0.168. The molecule has 0 aromatic carbocycles. The van der Waals surface area contributed by atoms with Crippen LogP contribution < -0.4 is 16.0 Å². The molecule has 1 saturated heterocycles. The molecule has 3 atom stereocenters. The molecule has 3 nitrogen and oxygen atoms in total. The molecule has 3 N–H and O–H groups in total. The fourth-order valence-corrected chi connectivity index (χ4v) is 5.56. The van der Waals surface area contributed by atoms with E-state index < -0.39 is 0 Å². The summed E-state index contributed by atoms with van der Waals surface area (Å²) in [5, 5.41) is 11.8. The van der Waals surface area contributed by atoms with E-state index in [1.54, 1.807) is 0 Å². The summed E-state index contributed by atoms with van der Waals surface area (Å²) in [6.07, 6.45) is 7.84. The third-order valence-corrected chi connectivity index (χ3v) is 5.82. The first kappa shape index (κ1) is 15.5. The highest BCUT2D eigenvalue weighted by Gasteiger charge is 2.41. The number of hydrogen-bond acceptors (Lipinski definition) is 2. The lowest BCUT2D eigenvalue weighted by Crippen LogP contribution is -2.63. The standard InChI is InChI=1S/C17H31N3S/c1-16(2)9-13(10-17(3,4)20-16)18-15(21)19-14-8-11-5-6-12(14)7-11/h11-14,20H,5-10H2,1-4H3,(H2,18,19,21)/t11-,12-,14-/m1/s1. The molecule has 3 fully saturated rings. The summed E-state index contributed by atoms with van der Waals surface area (Å²) < 4.78 is 0. The van der Waals surface area contributed by atoms with E-state index in [-0.39, 0.29) is 11.1 Å². The normalized spacial score (nSPS) is 37.4. The van der Waals surface area contributed by atoms with Crippen LogP contribution in [0.2, 0.25) is 0 Å². The predicted octanol–water partition coefficient (Wildman–Crippen LogP) is 2.95. The Kier molecular flexibility index (Phi) is 3.98. The summed E-state index contributed by atoms with van der Waals surface area (Å²) in [6.45, 7) is 9.15. The Morgan fingerprint density at radius 1 is 1.00 bits per heavy atom. The molecule has 0 aromatic rings. The molecule has 21 heavy (non-hydrogen) atoms. The molecule has 0 radical (unpaired) electrons. The Morgan fingerprint density at radius 2 is 1.67 bits per heavy atom. The van der Waals surface area contributed by atoms with Crippen LogP contribution in [0.25, 0.3) is 0 Å². The number of hydrogen-bond donors (Lipinski definition) is 3. The highest BCUT2D eigenvalue weighted by molar-refractivity contribution is 7.80. The molecular formula is C17H31N3S. The molecule has 2 saturated carbocycles. The highest BCUT2D eigenvalue weighted by atomic mass is 32.1. The third-order valence-electron chi connectivity index (χ3n) is 5.58. The smallest absolute Gasteiger partial charge is 0.166 e. The van der Waals surface area contributed by atoms with E-state index >= 15 is 0 Å². The summed E-state index contributed by atoms with van der Waals surface area (Å²) in [7, 11) is 0. The molecule has 0 amide bonds. The largest absolute Gasteiger partial charge is 0.360 e. The minimum atomic E-state index is 0.168. The molecule has 3 rings (SSSR count). The number of piperidine rings is 1. The highest BCUT2D eigenvalue weighted by Crippen LogP contribution is 2.44. The van der Waals surface area contributed by atoms with Gasteiger partial charge in [0.1, 0.15) is 0 Å². The zero-order valence-electron chi connectivity index (χ0n) is 14.0. The lowest BCUT2D eigenvalue weighted by molar-refractivity contribution is 0.155. The number of nitrogens with one attached hydrogen (secondary N) is 3. The van der Waals surface area contributed by atoms with Crippen molar-refractivity contribution in [2.45, 2.75) is 89.4 Å². The second-order valence-electron chi connectivity index (χ2n) is 8.90. The van der Waals surface area contributed by atoms with E-state index in [4.69, 9.17) is 12.2 Å². The second kappa shape index (κ2) is 5.38. The molecule has 4 heteroatoms. The van der Waals surface area contributed by atoms with E-state index in [0.717, 1.165) is 29.8 Å². The van der Waals surface area contributed by atoms with Crippen molar-refractivity contribution in [2.75, 3.05) is 0 Å². The van der Waals surface area contributed by atoms with Gasteiger partial charge in [0.2, 0.25) is 0 Å². The number of rotatable bonds is 2. The van der Waals surface area contributed by atoms with Gasteiger partial charge in [-0.2, -0.15) is 0 Å². The fraction of sp³-hybridized carbons (Fsp3) is 0.941. The molecule has 1 aliphatic heterocycles. The van der Waals surface area contributed by atoms with E-state index in [1.807, 2.05) is 0 Å². The van der Waals surface area contributed by atoms with Gasteiger partial charge in [0.05, 0.1) is 0 Å². The molecule has 120 valence electrons.